The monoisotopic (exact) mass is 248 g/mol. The van der Waals surface area contributed by atoms with Gasteiger partial charge in [0.2, 0.25) is 0 Å². The van der Waals surface area contributed by atoms with Gasteiger partial charge in [-0.1, -0.05) is 13.8 Å². The number of hydrogen-bond acceptors (Lipinski definition) is 4. The Morgan fingerprint density at radius 3 is 2.94 bits per heavy atom. The van der Waals surface area contributed by atoms with Gasteiger partial charge in [-0.3, -0.25) is 4.90 Å². The highest BCUT2D eigenvalue weighted by Crippen LogP contribution is 2.21. The third-order valence-corrected chi connectivity index (χ3v) is 4.08. The molecule has 1 saturated heterocycles. The smallest absolute Gasteiger partial charge is 0.0771 e. The molecule has 1 aliphatic rings. The molecule has 0 saturated carbocycles. The fraction of sp³-hybridized carbons (Fsp3) is 0.714. The first-order chi connectivity index (χ1) is 8.67. The zero-order chi connectivity index (χ0) is 13.0. The molecule has 2 atom stereocenters. The van der Waals surface area contributed by atoms with Crippen LogP contribution >= 0.6 is 0 Å². The largest absolute Gasteiger partial charge is 0.309 e. The van der Waals surface area contributed by atoms with Crippen LogP contribution in [0.25, 0.3) is 0 Å². The number of hydrogen-bond donors (Lipinski definition) is 1. The van der Waals surface area contributed by atoms with Crippen LogP contribution in [0.5, 0.6) is 0 Å². The van der Waals surface area contributed by atoms with Crippen molar-refractivity contribution in [2.75, 3.05) is 13.1 Å². The van der Waals surface area contributed by atoms with Crippen molar-refractivity contribution in [3.05, 3.63) is 24.0 Å². The van der Waals surface area contributed by atoms with Gasteiger partial charge >= 0.3 is 0 Å². The molecule has 1 aromatic heterocycles. The molecule has 4 nitrogen and oxygen atoms in total. The lowest BCUT2D eigenvalue weighted by atomic mass is 9.92. The van der Waals surface area contributed by atoms with E-state index in [2.05, 4.69) is 47.3 Å². The molecule has 4 heteroatoms. The maximum atomic E-state index is 4.20. The van der Waals surface area contributed by atoms with Crippen molar-refractivity contribution >= 4 is 0 Å². The van der Waals surface area contributed by atoms with Gasteiger partial charge in [-0.05, 0) is 31.9 Å². The van der Waals surface area contributed by atoms with Crippen LogP contribution in [0.4, 0.5) is 0 Å². The van der Waals surface area contributed by atoms with Gasteiger partial charge in [0.05, 0.1) is 5.69 Å². The Balaban J connectivity index is 2.07. The highest BCUT2D eigenvalue weighted by Gasteiger charge is 2.33. The predicted octanol–water partition coefficient (Wildman–Crippen LogP) is 1.83. The third kappa shape index (κ3) is 3.06. The van der Waals surface area contributed by atoms with E-state index in [1.807, 2.05) is 6.07 Å². The Labute approximate surface area is 110 Å². The van der Waals surface area contributed by atoms with E-state index >= 15 is 0 Å². The van der Waals surface area contributed by atoms with Crippen LogP contribution < -0.4 is 5.32 Å². The average molecular weight is 248 g/mol. The van der Waals surface area contributed by atoms with Crippen LogP contribution in [0.3, 0.4) is 0 Å². The van der Waals surface area contributed by atoms with Crippen LogP contribution in [-0.2, 0) is 6.54 Å². The molecule has 0 amide bonds. The summed E-state index contributed by atoms with van der Waals surface area (Å²) in [5.74, 6) is 0. The molecule has 1 N–H and O–H groups in total. The molecule has 1 aromatic rings. The topological polar surface area (TPSA) is 41.0 Å². The summed E-state index contributed by atoms with van der Waals surface area (Å²) in [6.07, 6.45) is 4.06. The van der Waals surface area contributed by atoms with Crippen LogP contribution in [0.1, 0.15) is 39.3 Å². The highest BCUT2D eigenvalue weighted by atomic mass is 15.3. The molecule has 18 heavy (non-hydrogen) atoms. The van der Waals surface area contributed by atoms with Crippen LogP contribution in [-0.4, -0.2) is 39.8 Å². The van der Waals surface area contributed by atoms with Crippen molar-refractivity contribution in [1.29, 1.82) is 0 Å². The van der Waals surface area contributed by atoms with E-state index in [1.54, 1.807) is 6.20 Å². The Morgan fingerprint density at radius 2 is 2.33 bits per heavy atom. The van der Waals surface area contributed by atoms with E-state index in [4.69, 9.17) is 0 Å². The second kappa shape index (κ2) is 5.76. The van der Waals surface area contributed by atoms with Gasteiger partial charge in [0.1, 0.15) is 0 Å². The van der Waals surface area contributed by atoms with Gasteiger partial charge in [0, 0.05) is 37.4 Å². The lowest BCUT2D eigenvalue weighted by Gasteiger charge is -2.45. The standard InChI is InChI=1S/C14H24N4/c1-4-13-9-15-14(3,5-2)11-18(13)10-12-7-6-8-16-17-12/h6-8,13,15H,4-5,9-11H2,1-3H3. The molecular weight excluding hydrogens is 224 g/mol. The van der Waals surface area contributed by atoms with E-state index in [9.17, 15) is 0 Å². The number of nitrogens with one attached hydrogen (secondary N) is 1. The van der Waals surface area contributed by atoms with Crippen LogP contribution in [0, 0.1) is 0 Å². The summed E-state index contributed by atoms with van der Waals surface area (Å²) < 4.78 is 0. The van der Waals surface area contributed by atoms with E-state index in [1.165, 1.54) is 6.42 Å². The van der Waals surface area contributed by atoms with Crippen molar-refractivity contribution in [3.63, 3.8) is 0 Å². The summed E-state index contributed by atoms with van der Waals surface area (Å²) >= 11 is 0. The summed E-state index contributed by atoms with van der Waals surface area (Å²) in [7, 11) is 0. The molecular formula is C14H24N4. The van der Waals surface area contributed by atoms with Crippen molar-refractivity contribution in [2.45, 2.75) is 51.7 Å². The average Bonchev–Trinajstić information content (AvgIpc) is 2.40. The molecule has 2 heterocycles. The predicted molar refractivity (Wildman–Crippen MR) is 73.2 cm³/mol. The van der Waals surface area contributed by atoms with Crippen LogP contribution in [0.2, 0.25) is 0 Å². The van der Waals surface area contributed by atoms with Gasteiger partial charge in [0.15, 0.2) is 0 Å². The summed E-state index contributed by atoms with van der Waals surface area (Å²) in [5.41, 5.74) is 1.30. The van der Waals surface area contributed by atoms with Crippen molar-refractivity contribution in [2.24, 2.45) is 0 Å². The summed E-state index contributed by atoms with van der Waals surface area (Å²) in [5, 5.41) is 11.9. The minimum absolute atomic E-state index is 0.230. The first kappa shape index (κ1) is 13.4. The Hall–Kier alpha value is -1.00. The van der Waals surface area contributed by atoms with Gasteiger partial charge in [-0.2, -0.15) is 10.2 Å². The van der Waals surface area contributed by atoms with Crippen molar-refractivity contribution in [3.8, 4) is 0 Å². The molecule has 0 spiro atoms. The first-order valence-electron chi connectivity index (χ1n) is 6.92. The number of rotatable bonds is 4. The van der Waals surface area contributed by atoms with Crippen molar-refractivity contribution in [1.82, 2.24) is 20.4 Å². The van der Waals surface area contributed by atoms with Crippen LogP contribution in [0.15, 0.2) is 18.3 Å². The molecule has 100 valence electrons. The normalized spacial score (nSPS) is 29.4. The lowest BCUT2D eigenvalue weighted by molar-refractivity contribution is 0.0742. The maximum Gasteiger partial charge on any atom is 0.0771 e. The zero-order valence-electron chi connectivity index (χ0n) is 11.7. The summed E-state index contributed by atoms with van der Waals surface area (Å²) in [4.78, 5) is 2.55. The molecule has 1 aliphatic heterocycles. The minimum atomic E-state index is 0.230. The molecule has 0 radical (unpaired) electrons. The summed E-state index contributed by atoms with van der Waals surface area (Å²) in [6.45, 7) is 9.87. The lowest BCUT2D eigenvalue weighted by Crippen LogP contribution is -2.62. The molecule has 0 aromatic carbocycles. The Bertz CT molecular complexity index is 367. The second-order valence-corrected chi connectivity index (χ2v) is 5.48. The van der Waals surface area contributed by atoms with E-state index in [0.29, 0.717) is 6.04 Å². The molecule has 0 aliphatic carbocycles. The third-order valence-electron chi connectivity index (χ3n) is 4.08. The number of nitrogens with zero attached hydrogens (tertiary/aromatic N) is 3. The van der Waals surface area contributed by atoms with Gasteiger partial charge < -0.3 is 5.32 Å². The Kier molecular flexibility index (Phi) is 4.30. The molecule has 0 bridgehead atoms. The maximum absolute atomic E-state index is 4.20. The molecule has 2 rings (SSSR count). The SMILES string of the molecule is CCC1CNC(C)(CC)CN1Cc1cccnn1. The quantitative estimate of drug-likeness (QED) is 0.882. The van der Waals surface area contributed by atoms with E-state index < -0.39 is 0 Å². The fourth-order valence-electron chi connectivity index (χ4n) is 2.58. The zero-order valence-corrected chi connectivity index (χ0v) is 11.7. The van der Waals surface area contributed by atoms with Gasteiger partial charge in [0.25, 0.3) is 0 Å². The second-order valence-electron chi connectivity index (χ2n) is 5.48. The van der Waals surface area contributed by atoms with Gasteiger partial charge in [-0.25, -0.2) is 0 Å². The number of aromatic nitrogens is 2. The minimum Gasteiger partial charge on any atom is -0.309 e. The highest BCUT2D eigenvalue weighted by molar-refractivity contribution is 5.02. The molecule has 2 unspecified atom stereocenters. The summed E-state index contributed by atoms with van der Waals surface area (Å²) in [6, 6.07) is 4.63. The van der Waals surface area contributed by atoms with Crippen molar-refractivity contribution < 1.29 is 0 Å². The first-order valence-corrected chi connectivity index (χ1v) is 6.92. The number of piperazine rings is 1. The van der Waals surface area contributed by atoms with E-state index in [0.717, 1.165) is 31.7 Å². The molecule has 1 fully saturated rings. The van der Waals surface area contributed by atoms with E-state index in [-0.39, 0.29) is 5.54 Å². The fourth-order valence-corrected chi connectivity index (χ4v) is 2.58. The van der Waals surface area contributed by atoms with Gasteiger partial charge in [-0.15, -0.1) is 0 Å². The Morgan fingerprint density at radius 1 is 1.50 bits per heavy atom.